The molecule has 0 amide bonds. The van der Waals surface area contributed by atoms with E-state index in [1.807, 2.05) is 30.3 Å². The number of rotatable bonds is 5. The first-order chi connectivity index (χ1) is 14.4. The third-order valence-electron chi connectivity index (χ3n) is 4.18. The highest BCUT2D eigenvalue weighted by Gasteiger charge is 2.19. The summed E-state index contributed by atoms with van der Waals surface area (Å²) in [6.45, 7) is 0. The SMILES string of the molecule is O=S(=O)(Cn1sc(=Nc2ccc(Cl)cc2Cl)nc1-c1ccccc1)c1ccccc1. The van der Waals surface area contributed by atoms with Gasteiger partial charge in [-0.25, -0.2) is 13.4 Å². The highest BCUT2D eigenvalue weighted by molar-refractivity contribution is 7.90. The van der Waals surface area contributed by atoms with E-state index >= 15 is 0 Å². The van der Waals surface area contributed by atoms with Crippen molar-refractivity contribution >= 4 is 50.3 Å². The van der Waals surface area contributed by atoms with Crippen LogP contribution in [-0.2, 0) is 15.7 Å². The fourth-order valence-electron chi connectivity index (χ4n) is 2.77. The minimum Gasteiger partial charge on any atom is -0.262 e. The van der Waals surface area contributed by atoms with E-state index in [1.165, 1.54) is 0 Å². The van der Waals surface area contributed by atoms with Crippen LogP contribution >= 0.6 is 34.7 Å². The van der Waals surface area contributed by atoms with Crippen molar-refractivity contribution < 1.29 is 8.42 Å². The van der Waals surface area contributed by atoms with Gasteiger partial charge in [-0.3, -0.25) is 3.96 Å². The highest BCUT2D eigenvalue weighted by Crippen LogP contribution is 2.28. The Kier molecular flexibility index (Phi) is 6.06. The van der Waals surface area contributed by atoms with Gasteiger partial charge < -0.3 is 0 Å². The number of hydrogen-bond donors (Lipinski definition) is 0. The molecule has 5 nitrogen and oxygen atoms in total. The molecule has 0 fully saturated rings. The lowest BCUT2D eigenvalue weighted by molar-refractivity contribution is 0.587. The molecule has 0 aliphatic carbocycles. The maximum absolute atomic E-state index is 12.9. The van der Waals surface area contributed by atoms with Crippen molar-refractivity contribution in [2.45, 2.75) is 10.8 Å². The largest absolute Gasteiger partial charge is 0.262 e. The molecule has 0 saturated heterocycles. The van der Waals surface area contributed by atoms with Gasteiger partial charge in [0.15, 0.2) is 15.7 Å². The van der Waals surface area contributed by atoms with E-state index in [9.17, 15) is 8.42 Å². The zero-order valence-electron chi connectivity index (χ0n) is 15.4. The molecule has 9 heteroatoms. The molecule has 3 aromatic carbocycles. The van der Waals surface area contributed by atoms with Crippen LogP contribution in [0.5, 0.6) is 0 Å². The summed E-state index contributed by atoms with van der Waals surface area (Å²) in [5.41, 5.74) is 1.30. The normalized spacial score (nSPS) is 12.3. The van der Waals surface area contributed by atoms with Crippen molar-refractivity contribution in [2.75, 3.05) is 0 Å². The number of aromatic nitrogens is 2. The highest BCUT2D eigenvalue weighted by atomic mass is 35.5. The van der Waals surface area contributed by atoms with E-state index < -0.39 is 9.84 Å². The van der Waals surface area contributed by atoms with Crippen LogP contribution in [0.3, 0.4) is 0 Å². The molecule has 1 heterocycles. The van der Waals surface area contributed by atoms with Gasteiger partial charge in [-0.2, -0.15) is 4.98 Å². The summed E-state index contributed by atoms with van der Waals surface area (Å²) >= 11 is 13.3. The van der Waals surface area contributed by atoms with Crippen LogP contribution in [0.4, 0.5) is 5.69 Å². The first-order valence-corrected chi connectivity index (χ1v) is 12.0. The Bertz CT molecular complexity index is 1350. The van der Waals surface area contributed by atoms with Crippen LogP contribution < -0.4 is 4.80 Å². The van der Waals surface area contributed by atoms with E-state index in [-0.39, 0.29) is 10.8 Å². The standard InChI is InChI=1S/C21H15Cl2N3O2S2/c22-16-11-12-19(18(23)13-16)24-21-25-20(15-7-3-1-4-8-15)26(29-21)14-30(27,28)17-9-5-2-6-10-17/h1-13H,14H2. The molecular weight excluding hydrogens is 461 g/mol. The Hall–Kier alpha value is -2.45. The van der Waals surface area contributed by atoms with E-state index in [0.717, 1.165) is 17.1 Å². The quantitative estimate of drug-likeness (QED) is 0.378. The smallest absolute Gasteiger partial charge is 0.228 e. The fraction of sp³-hybridized carbons (Fsp3) is 0.0476. The summed E-state index contributed by atoms with van der Waals surface area (Å²) in [7, 11) is -3.57. The van der Waals surface area contributed by atoms with Crippen molar-refractivity contribution in [3.8, 4) is 11.4 Å². The molecule has 0 unspecified atom stereocenters. The lowest BCUT2D eigenvalue weighted by Crippen LogP contribution is -2.10. The third kappa shape index (κ3) is 4.65. The van der Waals surface area contributed by atoms with Gasteiger partial charge in [-0.05, 0) is 41.9 Å². The molecule has 0 aliphatic heterocycles. The van der Waals surface area contributed by atoms with Crippen LogP contribution in [-0.4, -0.2) is 17.4 Å². The lowest BCUT2D eigenvalue weighted by Gasteiger charge is -2.07. The van der Waals surface area contributed by atoms with E-state index in [2.05, 4.69) is 9.98 Å². The topological polar surface area (TPSA) is 64.3 Å². The van der Waals surface area contributed by atoms with E-state index in [1.54, 1.807) is 52.5 Å². The first kappa shape index (κ1) is 20.8. The van der Waals surface area contributed by atoms with Gasteiger partial charge >= 0.3 is 0 Å². The Morgan fingerprint density at radius 2 is 1.60 bits per heavy atom. The minimum atomic E-state index is -3.57. The van der Waals surface area contributed by atoms with Gasteiger partial charge in [0.1, 0.15) is 5.88 Å². The average molecular weight is 476 g/mol. The summed E-state index contributed by atoms with van der Waals surface area (Å²) in [6.07, 6.45) is 0. The number of benzene rings is 3. The van der Waals surface area contributed by atoms with Gasteiger partial charge in [0, 0.05) is 10.6 Å². The predicted octanol–water partition coefficient (Wildman–Crippen LogP) is 5.58. The summed E-state index contributed by atoms with van der Waals surface area (Å²) < 4.78 is 27.5. The predicted molar refractivity (Wildman–Crippen MR) is 121 cm³/mol. The van der Waals surface area contributed by atoms with Crippen molar-refractivity contribution in [2.24, 2.45) is 4.99 Å². The maximum Gasteiger partial charge on any atom is 0.228 e. The van der Waals surface area contributed by atoms with Crippen molar-refractivity contribution in [3.63, 3.8) is 0 Å². The number of halogens is 2. The van der Waals surface area contributed by atoms with Crippen LogP contribution in [0.15, 0.2) is 88.8 Å². The minimum absolute atomic E-state index is 0.247. The van der Waals surface area contributed by atoms with Gasteiger partial charge in [-0.1, -0.05) is 71.7 Å². The molecule has 0 saturated carbocycles. The summed E-state index contributed by atoms with van der Waals surface area (Å²) in [5.74, 6) is 0.270. The molecular formula is C21H15Cl2N3O2S2. The van der Waals surface area contributed by atoms with Crippen LogP contribution in [0, 0.1) is 0 Å². The van der Waals surface area contributed by atoms with E-state index in [0.29, 0.717) is 26.4 Å². The molecule has 30 heavy (non-hydrogen) atoms. The Labute approximate surface area is 188 Å². The van der Waals surface area contributed by atoms with Crippen LogP contribution in [0.25, 0.3) is 11.4 Å². The fourth-order valence-corrected chi connectivity index (χ4v) is 5.70. The second kappa shape index (κ2) is 8.73. The monoisotopic (exact) mass is 475 g/mol. The average Bonchev–Trinajstić information content (AvgIpc) is 3.13. The molecule has 0 radical (unpaired) electrons. The number of hydrogen-bond acceptors (Lipinski definition) is 5. The Morgan fingerprint density at radius 1 is 0.933 bits per heavy atom. The maximum atomic E-state index is 12.9. The third-order valence-corrected chi connectivity index (χ3v) is 7.34. The molecule has 0 aliphatic rings. The molecule has 152 valence electrons. The number of sulfone groups is 1. The van der Waals surface area contributed by atoms with E-state index in [4.69, 9.17) is 23.2 Å². The molecule has 4 rings (SSSR count). The summed E-state index contributed by atoms with van der Waals surface area (Å²) in [5, 5.41) is 0.898. The van der Waals surface area contributed by atoms with Gasteiger partial charge in [0.25, 0.3) is 0 Å². The molecule has 0 N–H and O–H groups in total. The lowest BCUT2D eigenvalue weighted by atomic mass is 10.2. The molecule has 0 atom stereocenters. The second-order valence-corrected chi connectivity index (χ2v) is 10.1. The van der Waals surface area contributed by atoms with Crippen molar-refractivity contribution in [1.82, 2.24) is 8.94 Å². The summed E-state index contributed by atoms with van der Waals surface area (Å²) in [4.78, 5) is 9.71. The molecule has 0 bridgehead atoms. The molecule has 0 spiro atoms. The van der Waals surface area contributed by atoms with Crippen LogP contribution in [0.2, 0.25) is 10.0 Å². The molecule has 4 aromatic rings. The molecule has 1 aromatic heterocycles. The zero-order chi connectivity index (χ0) is 21.1. The zero-order valence-corrected chi connectivity index (χ0v) is 18.6. The van der Waals surface area contributed by atoms with Gasteiger partial charge in [0.05, 0.1) is 15.6 Å². The Balaban J connectivity index is 1.82. The Morgan fingerprint density at radius 3 is 2.27 bits per heavy atom. The van der Waals surface area contributed by atoms with Gasteiger partial charge in [0.2, 0.25) is 4.80 Å². The number of nitrogens with zero attached hydrogens (tertiary/aromatic N) is 3. The van der Waals surface area contributed by atoms with Crippen molar-refractivity contribution in [1.29, 1.82) is 0 Å². The van der Waals surface area contributed by atoms with Gasteiger partial charge in [-0.15, -0.1) is 0 Å². The van der Waals surface area contributed by atoms with Crippen LogP contribution in [0.1, 0.15) is 0 Å². The van der Waals surface area contributed by atoms with Crippen molar-refractivity contribution in [3.05, 3.63) is 93.7 Å². The summed E-state index contributed by atoms with van der Waals surface area (Å²) in [6, 6.07) is 22.7. The first-order valence-electron chi connectivity index (χ1n) is 8.83. The second-order valence-electron chi connectivity index (χ2n) is 6.32.